The first kappa shape index (κ1) is 13.2. The molecule has 2 fully saturated rings. The lowest BCUT2D eigenvalue weighted by Gasteiger charge is -2.33. The average Bonchev–Trinajstić information content (AvgIpc) is 2.79. The molecule has 2 rings (SSSR count). The van der Waals surface area contributed by atoms with E-state index in [1.807, 2.05) is 0 Å². The Morgan fingerprint density at radius 1 is 1.24 bits per heavy atom. The number of nitrogens with zero attached hydrogens (tertiary/aromatic N) is 1. The van der Waals surface area contributed by atoms with Gasteiger partial charge < -0.3 is 10.5 Å². The van der Waals surface area contributed by atoms with E-state index in [2.05, 4.69) is 4.72 Å². The van der Waals surface area contributed by atoms with E-state index in [0.29, 0.717) is 32.8 Å². The number of hydrogen-bond donors (Lipinski definition) is 2. The van der Waals surface area contributed by atoms with Gasteiger partial charge >= 0.3 is 0 Å². The molecule has 0 spiro atoms. The third-order valence-electron chi connectivity index (χ3n) is 3.61. The summed E-state index contributed by atoms with van der Waals surface area (Å²) in [4.78, 5) is 0. The van der Waals surface area contributed by atoms with Crippen molar-refractivity contribution < 1.29 is 13.2 Å². The number of nitrogens with one attached hydrogen (secondary N) is 1. The highest BCUT2D eigenvalue weighted by atomic mass is 32.2. The molecule has 0 radical (unpaired) electrons. The summed E-state index contributed by atoms with van der Waals surface area (Å²) in [7, 11) is -3.41. The average molecular weight is 263 g/mol. The summed E-state index contributed by atoms with van der Waals surface area (Å²) >= 11 is 0. The Labute approximate surface area is 103 Å². The molecule has 0 atom stereocenters. The molecular weight excluding hydrogens is 242 g/mol. The van der Waals surface area contributed by atoms with Crippen LogP contribution in [0.3, 0.4) is 0 Å². The zero-order valence-electron chi connectivity index (χ0n) is 10.0. The van der Waals surface area contributed by atoms with E-state index >= 15 is 0 Å². The van der Waals surface area contributed by atoms with Crippen LogP contribution in [0, 0.1) is 0 Å². The lowest BCUT2D eigenvalue weighted by Crippen LogP contribution is -2.57. The SMILES string of the molecule is NCC1(NS(=O)(=O)N2CCOCC2)CCCC1. The highest BCUT2D eigenvalue weighted by molar-refractivity contribution is 7.87. The van der Waals surface area contributed by atoms with Gasteiger partial charge in [0, 0.05) is 25.2 Å². The first-order valence-electron chi connectivity index (χ1n) is 6.15. The van der Waals surface area contributed by atoms with Crippen molar-refractivity contribution in [1.82, 2.24) is 9.03 Å². The molecule has 0 aromatic heterocycles. The Kier molecular flexibility index (Phi) is 4.04. The van der Waals surface area contributed by atoms with Gasteiger partial charge in [0.1, 0.15) is 0 Å². The summed E-state index contributed by atoms with van der Waals surface area (Å²) in [5, 5.41) is 0. The van der Waals surface area contributed by atoms with Crippen LogP contribution in [0.1, 0.15) is 25.7 Å². The fourth-order valence-electron chi connectivity index (χ4n) is 2.52. The van der Waals surface area contributed by atoms with Crippen molar-refractivity contribution in [1.29, 1.82) is 0 Å². The standard InChI is InChI=1S/C10H21N3O3S/c11-9-10(3-1-2-4-10)12-17(14,15)13-5-7-16-8-6-13/h12H,1-9,11H2. The van der Waals surface area contributed by atoms with Crippen LogP contribution in [0.5, 0.6) is 0 Å². The monoisotopic (exact) mass is 263 g/mol. The number of ether oxygens (including phenoxy) is 1. The summed E-state index contributed by atoms with van der Waals surface area (Å²) in [5.41, 5.74) is 5.32. The summed E-state index contributed by atoms with van der Waals surface area (Å²) in [6.07, 6.45) is 3.77. The maximum Gasteiger partial charge on any atom is 0.280 e. The zero-order valence-corrected chi connectivity index (χ0v) is 10.8. The predicted molar refractivity (Wildman–Crippen MR) is 64.7 cm³/mol. The Morgan fingerprint density at radius 2 is 1.82 bits per heavy atom. The van der Waals surface area contributed by atoms with Gasteiger partial charge in [-0.05, 0) is 12.8 Å². The van der Waals surface area contributed by atoms with E-state index in [-0.39, 0.29) is 0 Å². The van der Waals surface area contributed by atoms with Crippen molar-refractivity contribution in [3.8, 4) is 0 Å². The molecule has 0 amide bonds. The molecule has 3 N–H and O–H groups in total. The highest BCUT2D eigenvalue weighted by Crippen LogP contribution is 2.29. The highest BCUT2D eigenvalue weighted by Gasteiger charge is 2.38. The minimum Gasteiger partial charge on any atom is -0.379 e. The minimum absolute atomic E-state index is 0.372. The van der Waals surface area contributed by atoms with E-state index < -0.39 is 15.7 Å². The molecule has 1 saturated carbocycles. The zero-order chi connectivity index (χ0) is 12.4. The van der Waals surface area contributed by atoms with Gasteiger partial charge in [-0.2, -0.15) is 17.4 Å². The van der Waals surface area contributed by atoms with Crippen molar-refractivity contribution in [2.45, 2.75) is 31.2 Å². The number of rotatable bonds is 4. The fourth-order valence-corrected chi connectivity index (χ4v) is 4.12. The third kappa shape index (κ3) is 2.97. The van der Waals surface area contributed by atoms with Crippen molar-refractivity contribution in [2.24, 2.45) is 5.73 Å². The van der Waals surface area contributed by atoms with E-state index in [1.54, 1.807) is 0 Å². The van der Waals surface area contributed by atoms with Gasteiger partial charge in [0.05, 0.1) is 13.2 Å². The van der Waals surface area contributed by atoms with Crippen LogP contribution in [0.2, 0.25) is 0 Å². The maximum absolute atomic E-state index is 12.2. The van der Waals surface area contributed by atoms with Gasteiger partial charge in [0.2, 0.25) is 0 Å². The van der Waals surface area contributed by atoms with Crippen molar-refractivity contribution in [2.75, 3.05) is 32.8 Å². The Morgan fingerprint density at radius 3 is 2.35 bits per heavy atom. The lowest BCUT2D eigenvalue weighted by atomic mass is 10.0. The van der Waals surface area contributed by atoms with Crippen molar-refractivity contribution in [3.05, 3.63) is 0 Å². The van der Waals surface area contributed by atoms with Gasteiger partial charge in [-0.1, -0.05) is 12.8 Å². The Hall–Kier alpha value is -0.210. The second-order valence-corrected chi connectivity index (χ2v) is 6.48. The van der Waals surface area contributed by atoms with Crippen LogP contribution < -0.4 is 10.5 Å². The summed E-state index contributed by atoms with van der Waals surface area (Å²) in [6, 6.07) is 0. The molecule has 1 saturated heterocycles. The fraction of sp³-hybridized carbons (Fsp3) is 1.00. The molecule has 1 aliphatic carbocycles. The molecule has 100 valence electrons. The van der Waals surface area contributed by atoms with Crippen LogP contribution >= 0.6 is 0 Å². The smallest absolute Gasteiger partial charge is 0.280 e. The maximum atomic E-state index is 12.2. The van der Waals surface area contributed by atoms with Gasteiger partial charge in [0.25, 0.3) is 10.2 Å². The van der Waals surface area contributed by atoms with E-state index in [1.165, 1.54) is 4.31 Å². The quantitative estimate of drug-likeness (QED) is 0.711. The van der Waals surface area contributed by atoms with Crippen LogP contribution in [-0.2, 0) is 14.9 Å². The van der Waals surface area contributed by atoms with Crippen LogP contribution in [0.25, 0.3) is 0 Å². The van der Waals surface area contributed by atoms with Crippen LogP contribution in [0.15, 0.2) is 0 Å². The van der Waals surface area contributed by atoms with Gasteiger partial charge in [-0.3, -0.25) is 0 Å². The van der Waals surface area contributed by atoms with Crippen LogP contribution in [-0.4, -0.2) is 51.1 Å². The molecule has 2 aliphatic rings. The van der Waals surface area contributed by atoms with Crippen molar-refractivity contribution >= 4 is 10.2 Å². The molecule has 0 aromatic carbocycles. The lowest BCUT2D eigenvalue weighted by molar-refractivity contribution is 0.0719. The minimum atomic E-state index is -3.41. The summed E-state index contributed by atoms with van der Waals surface area (Å²) in [6.45, 7) is 2.16. The topological polar surface area (TPSA) is 84.7 Å². The first-order chi connectivity index (χ1) is 8.08. The molecule has 0 unspecified atom stereocenters. The first-order valence-corrected chi connectivity index (χ1v) is 7.59. The van der Waals surface area contributed by atoms with E-state index in [9.17, 15) is 8.42 Å². The molecule has 17 heavy (non-hydrogen) atoms. The van der Waals surface area contributed by atoms with Crippen molar-refractivity contribution in [3.63, 3.8) is 0 Å². The second kappa shape index (κ2) is 5.19. The molecule has 1 aliphatic heterocycles. The van der Waals surface area contributed by atoms with E-state index in [4.69, 9.17) is 10.5 Å². The summed E-state index contributed by atoms with van der Waals surface area (Å²) < 4.78 is 33.8. The Balaban J connectivity index is 2.05. The largest absolute Gasteiger partial charge is 0.379 e. The predicted octanol–water partition coefficient (Wildman–Crippen LogP) is -0.575. The number of morpholine rings is 1. The molecule has 0 bridgehead atoms. The number of hydrogen-bond acceptors (Lipinski definition) is 4. The normalized spacial score (nSPS) is 26.2. The van der Waals surface area contributed by atoms with Crippen LogP contribution in [0.4, 0.5) is 0 Å². The Bertz CT molecular complexity index is 346. The molecule has 6 nitrogen and oxygen atoms in total. The number of nitrogens with two attached hydrogens (primary N) is 1. The summed E-state index contributed by atoms with van der Waals surface area (Å²) in [5.74, 6) is 0. The molecular formula is C10H21N3O3S. The third-order valence-corrected chi connectivity index (χ3v) is 5.34. The molecule has 7 heteroatoms. The van der Waals surface area contributed by atoms with E-state index in [0.717, 1.165) is 25.7 Å². The molecule has 0 aromatic rings. The molecule has 1 heterocycles. The van der Waals surface area contributed by atoms with Gasteiger partial charge in [-0.15, -0.1) is 0 Å². The second-order valence-electron chi connectivity index (χ2n) is 4.81. The van der Waals surface area contributed by atoms with Gasteiger partial charge in [-0.25, -0.2) is 0 Å². The van der Waals surface area contributed by atoms with Gasteiger partial charge in [0.15, 0.2) is 0 Å².